The third kappa shape index (κ3) is 3.87. The van der Waals surface area contributed by atoms with Crippen molar-refractivity contribution in [1.82, 2.24) is 14.9 Å². The van der Waals surface area contributed by atoms with Gasteiger partial charge in [0.05, 0.1) is 16.7 Å². The van der Waals surface area contributed by atoms with Crippen LogP contribution in [0.1, 0.15) is 18.7 Å². The highest BCUT2D eigenvalue weighted by Crippen LogP contribution is 2.20. The van der Waals surface area contributed by atoms with Crippen LogP contribution in [0.25, 0.3) is 11.0 Å². The normalized spacial score (nSPS) is 14.2. The van der Waals surface area contributed by atoms with Crippen molar-refractivity contribution in [2.75, 3.05) is 11.6 Å². The van der Waals surface area contributed by atoms with E-state index in [-0.39, 0.29) is 24.1 Å². The summed E-state index contributed by atoms with van der Waals surface area (Å²) in [6.07, 6.45) is 1.03. The lowest BCUT2D eigenvalue weighted by atomic mass is 10.1. The molecule has 0 saturated carbocycles. The number of anilines is 1. The third-order valence-corrected chi connectivity index (χ3v) is 4.87. The van der Waals surface area contributed by atoms with Gasteiger partial charge < -0.3 is 9.88 Å². The fourth-order valence-corrected chi connectivity index (χ4v) is 3.31. The number of hydrazone groups is 1. The van der Waals surface area contributed by atoms with Crippen LogP contribution in [0.4, 0.5) is 10.1 Å². The largest absolute Gasteiger partial charge is 0.350 e. The molecule has 1 aliphatic rings. The Morgan fingerprint density at radius 1 is 1.17 bits per heavy atom. The van der Waals surface area contributed by atoms with Gasteiger partial charge in [0.25, 0.3) is 5.91 Å². The van der Waals surface area contributed by atoms with Gasteiger partial charge in [-0.15, -0.1) is 0 Å². The molecule has 1 aliphatic heterocycles. The second-order valence-corrected chi connectivity index (χ2v) is 6.81. The smallest absolute Gasteiger partial charge is 0.267 e. The SMILES string of the molecule is Cn1c(CCNC(=O)C2=NN(c3ccccc3)C(=O)CC2)nc2ccc(F)cc21. The minimum absolute atomic E-state index is 0.139. The maximum absolute atomic E-state index is 13.4. The Morgan fingerprint density at radius 2 is 1.97 bits per heavy atom. The first kappa shape index (κ1) is 18.8. The molecular weight excluding hydrogens is 373 g/mol. The highest BCUT2D eigenvalue weighted by atomic mass is 19.1. The maximum atomic E-state index is 13.4. The van der Waals surface area contributed by atoms with Crippen molar-refractivity contribution in [2.24, 2.45) is 12.1 Å². The van der Waals surface area contributed by atoms with Crippen molar-refractivity contribution >= 4 is 34.2 Å². The molecule has 0 unspecified atom stereocenters. The lowest BCUT2D eigenvalue weighted by Gasteiger charge is -2.23. The van der Waals surface area contributed by atoms with Crippen LogP contribution in [0.15, 0.2) is 53.6 Å². The molecule has 148 valence electrons. The molecule has 1 N–H and O–H groups in total. The van der Waals surface area contributed by atoms with E-state index in [1.54, 1.807) is 18.2 Å². The fraction of sp³-hybridized carbons (Fsp3) is 0.238. The van der Waals surface area contributed by atoms with Crippen molar-refractivity contribution in [1.29, 1.82) is 0 Å². The Bertz CT molecular complexity index is 1110. The van der Waals surface area contributed by atoms with Crippen molar-refractivity contribution in [3.63, 3.8) is 0 Å². The highest BCUT2D eigenvalue weighted by molar-refractivity contribution is 6.40. The average molecular weight is 393 g/mol. The van der Waals surface area contributed by atoms with E-state index in [0.29, 0.717) is 41.8 Å². The van der Waals surface area contributed by atoms with Gasteiger partial charge in [-0.3, -0.25) is 9.59 Å². The topological polar surface area (TPSA) is 79.6 Å². The van der Waals surface area contributed by atoms with Crippen LogP contribution in [0.3, 0.4) is 0 Å². The number of imidazole rings is 1. The molecule has 0 atom stereocenters. The molecule has 8 heteroatoms. The van der Waals surface area contributed by atoms with E-state index < -0.39 is 0 Å². The van der Waals surface area contributed by atoms with Crippen molar-refractivity contribution < 1.29 is 14.0 Å². The first-order valence-corrected chi connectivity index (χ1v) is 9.37. The predicted molar refractivity (Wildman–Crippen MR) is 108 cm³/mol. The number of nitrogens with one attached hydrogen (secondary N) is 1. The van der Waals surface area contributed by atoms with Crippen LogP contribution in [0.5, 0.6) is 0 Å². The molecule has 0 bridgehead atoms. The van der Waals surface area contributed by atoms with Gasteiger partial charge in [0.15, 0.2) is 0 Å². The predicted octanol–water partition coefficient (Wildman–Crippen LogP) is 2.55. The molecule has 0 aliphatic carbocycles. The number of carbonyl (C=O) groups is 2. The zero-order valence-corrected chi connectivity index (χ0v) is 15.9. The summed E-state index contributed by atoms with van der Waals surface area (Å²) in [5.41, 5.74) is 2.37. The lowest BCUT2D eigenvalue weighted by Crippen LogP contribution is -2.39. The Hall–Kier alpha value is -3.55. The summed E-state index contributed by atoms with van der Waals surface area (Å²) >= 11 is 0. The quantitative estimate of drug-likeness (QED) is 0.724. The molecule has 0 fully saturated rings. The maximum Gasteiger partial charge on any atom is 0.267 e. The third-order valence-electron chi connectivity index (χ3n) is 4.87. The van der Waals surface area contributed by atoms with Gasteiger partial charge in [-0.25, -0.2) is 14.4 Å². The van der Waals surface area contributed by atoms with Gasteiger partial charge in [-0.05, 0) is 30.3 Å². The van der Waals surface area contributed by atoms with E-state index in [4.69, 9.17) is 0 Å². The van der Waals surface area contributed by atoms with Crippen LogP contribution in [-0.4, -0.2) is 33.6 Å². The number of hydrogen-bond acceptors (Lipinski definition) is 4. The Labute approximate surface area is 166 Å². The minimum Gasteiger partial charge on any atom is -0.350 e. The fourth-order valence-electron chi connectivity index (χ4n) is 3.31. The number of aromatic nitrogens is 2. The molecule has 0 radical (unpaired) electrons. The van der Waals surface area contributed by atoms with E-state index >= 15 is 0 Å². The van der Waals surface area contributed by atoms with Crippen LogP contribution in [0.2, 0.25) is 0 Å². The number of amides is 2. The number of nitrogens with zero attached hydrogens (tertiary/aromatic N) is 4. The molecule has 2 amide bonds. The van der Waals surface area contributed by atoms with Gasteiger partial charge in [0.1, 0.15) is 17.4 Å². The number of hydrogen-bond donors (Lipinski definition) is 1. The molecule has 4 rings (SSSR count). The van der Waals surface area contributed by atoms with Gasteiger partial charge in [-0.2, -0.15) is 5.10 Å². The van der Waals surface area contributed by atoms with Gasteiger partial charge in [-0.1, -0.05) is 18.2 Å². The monoisotopic (exact) mass is 393 g/mol. The molecule has 2 heterocycles. The van der Waals surface area contributed by atoms with Crippen molar-refractivity contribution in [3.05, 3.63) is 60.2 Å². The molecule has 0 spiro atoms. The molecule has 1 aromatic heterocycles. The highest BCUT2D eigenvalue weighted by Gasteiger charge is 2.25. The zero-order valence-electron chi connectivity index (χ0n) is 15.9. The zero-order chi connectivity index (χ0) is 20.4. The second kappa shape index (κ2) is 7.83. The van der Waals surface area contributed by atoms with Gasteiger partial charge >= 0.3 is 0 Å². The molecule has 29 heavy (non-hydrogen) atoms. The van der Waals surface area contributed by atoms with E-state index in [9.17, 15) is 14.0 Å². The number of benzene rings is 2. The summed E-state index contributed by atoms with van der Waals surface area (Å²) in [7, 11) is 1.82. The van der Waals surface area contributed by atoms with Gasteiger partial charge in [0.2, 0.25) is 5.91 Å². The Morgan fingerprint density at radius 3 is 2.76 bits per heavy atom. The minimum atomic E-state index is -0.312. The Balaban J connectivity index is 1.42. The first-order chi connectivity index (χ1) is 14.0. The van der Waals surface area contributed by atoms with E-state index in [1.165, 1.54) is 17.1 Å². The average Bonchev–Trinajstić information content (AvgIpc) is 3.04. The van der Waals surface area contributed by atoms with E-state index in [0.717, 1.165) is 5.82 Å². The molecule has 3 aromatic rings. The van der Waals surface area contributed by atoms with Crippen molar-refractivity contribution in [3.8, 4) is 0 Å². The number of para-hydroxylation sites is 1. The van der Waals surface area contributed by atoms with Crippen LogP contribution >= 0.6 is 0 Å². The number of aryl methyl sites for hydroxylation is 1. The summed E-state index contributed by atoms with van der Waals surface area (Å²) in [6, 6.07) is 13.5. The molecule has 7 nitrogen and oxygen atoms in total. The number of halogens is 1. The van der Waals surface area contributed by atoms with Crippen molar-refractivity contribution in [2.45, 2.75) is 19.3 Å². The van der Waals surface area contributed by atoms with E-state index in [2.05, 4.69) is 15.4 Å². The molecular formula is C21H20FN5O2. The van der Waals surface area contributed by atoms with Crippen LogP contribution in [0, 0.1) is 5.82 Å². The number of carbonyl (C=O) groups excluding carboxylic acids is 2. The summed E-state index contributed by atoms with van der Waals surface area (Å²) in [4.78, 5) is 29.2. The second-order valence-electron chi connectivity index (χ2n) is 6.81. The van der Waals surface area contributed by atoms with Crippen LogP contribution < -0.4 is 10.3 Å². The summed E-state index contributed by atoms with van der Waals surface area (Å²) in [5, 5.41) is 8.36. The Kier molecular flexibility index (Phi) is 5.07. The van der Waals surface area contributed by atoms with E-state index in [1.807, 2.05) is 29.8 Å². The first-order valence-electron chi connectivity index (χ1n) is 9.37. The summed E-state index contributed by atoms with van der Waals surface area (Å²) in [5.74, 6) is -0.00586. The summed E-state index contributed by atoms with van der Waals surface area (Å²) < 4.78 is 15.3. The molecule has 0 saturated heterocycles. The van der Waals surface area contributed by atoms with Crippen LogP contribution in [-0.2, 0) is 23.1 Å². The molecule has 2 aromatic carbocycles. The number of fused-ring (bicyclic) bond motifs is 1. The van der Waals surface area contributed by atoms with Gasteiger partial charge in [0, 0.05) is 32.9 Å². The summed E-state index contributed by atoms with van der Waals surface area (Å²) in [6.45, 7) is 0.358. The number of rotatable bonds is 5. The standard InChI is InChI=1S/C21H20FN5O2/c1-26-18-13-14(22)7-8-16(18)24-19(26)11-12-23-21(29)17-9-10-20(28)27(25-17)15-5-3-2-4-6-15/h2-8,13H,9-12H2,1H3,(H,23,29). The lowest BCUT2D eigenvalue weighted by molar-refractivity contribution is -0.118.